The number of thioether (sulfide) groups is 1. The van der Waals surface area contributed by atoms with Gasteiger partial charge in [-0.25, -0.2) is 0 Å². The maximum atomic E-state index is 12.2. The highest BCUT2D eigenvalue weighted by Gasteiger charge is 2.24. The Morgan fingerprint density at radius 2 is 2.32 bits per heavy atom. The van der Waals surface area contributed by atoms with Gasteiger partial charge in [0.1, 0.15) is 0 Å². The van der Waals surface area contributed by atoms with Crippen molar-refractivity contribution in [2.45, 2.75) is 29.4 Å². The Hall–Kier alpha value is -1.08. The number of aromatic nitrogens is 2. The highest BCUT2D eigenvalue weighted by Crippen LogP contribution is 2.30. The molecule has 0 saturated carbocycles. The summed E-state index contributed by atoms with van der Waals surface area (Å²) in [6, 6.07) is 0. The van der Waals surface area contributed by atoms with Crippen molar-refractivity contribution in [2.75, 3.05) is 25.0 Å². The lowest BCUT2D eigenvalue weighted by Crippen LogP contribution is -2.33. The van der Waals surface area contributed by atoms with Gasteiger partial charge >= 0.3 is 0 Å². The number of hydrogen-bond acceptors (Lipinski definition) is 6. The van der Waals surface area contributed by atoms with Crippen molar-refractivity contribution < 1.29 is 4.79 Å². The third-order valence-electron chi connectivity index (χ3n) is 2.85. The standard InChI is InChI=1S/C12H18N4OS2/c1-3-6-13-11-14-15-12(19-11)18-9(2)10(17)16-7-4-5-8-16/h3,9H,1,4-8H2,2H3,(H,13,14). The number of anilines is 1. The summed E-state index contributed by atoms with van der Waals surface area (Å²) >= 11 is 2.95. The number of amides is 1. The summed E-state index contributed by atoms with van der Waals surface area (Å²) in [7, 11) is 0. The second kappa shape index (κ2) is 6.91. The van der Waals surface area contributed by atoms with Crippen molar-refractivity contribution in [3.63, 3.8) is 0 Å². The first-order chi connectivity index (χ1) is 9.20. The lowest BCUT2D eigenvalue weighted by molar-refractivity contribution is -0.129. The van der Waals surface area contributed by atoms with Crippen molar-refractivity contribution in [2.24, 2.45) is 0 Å². The van der Waals surface area contributed by atoms with E-state index in [1.807, 2.05) is 11.8 Å². The van der Waals surface area contributed by atoms with Crippen LogP contribution in [0.3, 0.4) is 0 Å². The van der Waals surface area contributed by atoms with E-state index in [2.05, 4.69) is 22.1 Å². The Labute approximate surface area is 121 Å². The Morgan fingerprint density at radius 1 is 1.58 bits per heavy atom. The summed E-state index contributed by atoms with van der Waals surface area (Å²) in [5.41, 5.74) is 0. The van der Waals surface area contributed by atoms with Gasteiger partial charge in [0, 0.05) is 19.6 Å². The van der Waals surface area contributed by atoms with E-state index in [-0.39, 0.29) is 11.2 Å². The van der Waals surface area contributed by atoms with Crippen LogP contribution in [-0.2, 0) is 4.79 Å². The van der Waals surface area contributed by atoms with Gasteiger partial charge < -0.3 is 10.2 Å². The van der Waals surface area contributed by atoms with Crippen LogP contribution < -0.4 is 5.32 Å². The zero-order chi connectivity index (χ0) is 13.7. The van der Waals surface area contributed by atoms with Crippen LogP contribution in [-0.4, -0.2) is 45.9 Å². The molecule has 1 aromatic rings. The van der Waals surface area contributed by atoms with E-state index in [1.165, 1.54) is 23.1 Å². The minimum absolute atomic E-state index is 0.0988. The van der Waals surface area contributed by atoms with Crippen LogP contribution in [0.4, 0.5) is 5.13 Å². The molecule has 104 valence electrons. The largest absolute Gasteiger partial charge is 0.357 e. The molecule has 1 atom stereocenters. The van der Waals surface area contributed by atoms with Gasteiger partial charge in [-0.2, -0.15) is 0 Å². The molecule has 1 aliphatic heterocycles. The quantitative estimate of drug-likeness (QED) is 0.645. The average molecular weight is 298 g/mol. The molecule has 7 heteroatoms. The zero-order valence-corrected chi connectivity index (χ0v) is 12.6. The monoisotopic (exact) mass is 298 g/mol. The molecule has 1 saturated heterocycles. The third-order valence-corrected chi connectivity index (χ3v) is 4.90. The fraction of sp³-hybridized carbons (Fsp3) is 0.583. The van der Waals surface area contributed by atoms with Gasteiger partial charge in [-0.1, -0.05) is 29.2 Å². The van der Waals surface area contributed by atoms with E-state index in [4.69, 9.17) is 0 Å². The molecule has 1 aliphatic rings. The van der Waals surface area contributed by atoms with Crippen LogP contribution in [0, 0.1) is 0 Å². The zero-order valence-electron chi connectivity index (χ0n) is 11.0. The summed E-state index contributed by atoms with van der Waals surface area (Å²) in [5.74, 6) is 0.207. The van der Waals surface area contributed by atoms with Gasteiger partial charge in [0.05, 0.1) is 5.25 Å². The Kier molecular flexibility index (Phi) is 5.21. The van der Waals surface area contributed by atoms with Crippen LogP contribution >= 0.6 is 23.1 Å². The highest BCUT2D eigenvalue weighted by molar-refractivity contribution is 8.02. The first-order valence-electron chi connectivity index (χ1n) is 6.34. The molecule has 0 radical (unpaired) electrons. The fourth-order valence-corrected chi connectivity index (χ4v) is 3.87. The average Bonchev–Trinajstić information content (AvgIpc) is 3.06. The van der Waals surface area contributed by atoms with E-state index in [1.54, 1.807) is 6.08 Å². The van der Waals surface area contributed by atoms with Crippen LogP contribution in [0.15, 0.2) is 17.0 Å². The number of rotatable bonds is 6. The summed E-state index contributed by atoms with van der Waals surface area (Å²) in [6.07, 6.45) is 4.02. The van der Waals surface area contributed by atoms with Gasteiger partial charge in [0.15, 0.2) is 4.34 Å². The number of nitrogens with zero attached hydrogens (tertiary/aromatic N) is 3. The van der Waals surface area contributed by atoms with Gasteiger partial charge in [0.25, 0.3) is 0 Å². The lowest BCUT2D eigenvalue weighted by atomic mass is 10.4. The first kappa shape index (κ1) is 14.3. The molecule has 2 rings (SSSR count). The predicted octanol–water partition coefficient (Wildman–Crippen LogP) is 2.24. The molecule has 19 heavy (non-hydrogen) atoms. The number of carbonyl (C=O) groups is 1. The van der Waals surface area contributed by atoms with Crippen molar-refractivity contribution in [1.29, 1.82) is 0 Å². The molecule has 0 bridgehead atoms. The Morgan fingerprint density at radius 3 is 3.00 bits per heavy atom. The van der Waals surface area contributed by atoms with Crippen molar-refractivity contribution in [1.82, 2.24) is 15.1 Å². The van der Waals surface area contributed by atoms with E-state index in [9.17, 15) is 4.79 Å². The van der Waals surface area contributed by atoms with Gasteiger partial charge in [-0.15, -0.1) is 16.8 Å². The summed E-state index contributed by atoms with van der Waals surface area (Å²) in [6.45, 7) is 8.03. The number of likely N-dealkylation sites (tertiary alicyclic amines) is 1. The molecule has 0 aliphatic carbocycles. The topological polar surface area (TPSA) is 58.1 Å². The number of hydrogen-bond donors (Lipinski definition) is 1. The SMILES string of the molecule is C=CCNc1nnc(SC(C)C(=O)N2CCCC2)s1. The first-order valence-corrected chi connectivity index (χ1v) is 8.04. The number of nitrogens with one attached hydrogen (secondary N) is 1. The smallest absolute Gasteiger partial charge is 0.235 e. The highest BCUT2D eigenvalue weighted by atomic mass is 32.2. The van der Waals surface area contributed by atoms with E-state index in [0.29, 0.717) is 6.54 Å². The normalized spacial score (nSPS) is 16.4. The molecule has 0 spiro atoms. The van der Waals surface area contributed by atoms with E-state index in [0.717, 1.165) is 35.4 Å². The maximum absolute atomic E-state index is 12.2. The Bertz CT molecular complexity index is 443. The van der Waals surface area contributed by atoms with Crippen molar-refractivity contribution in [3.8, 4) is 0 Å². The second-order valence-corrected chi connectivity index (χ2v) is 6.90. The molecule has 1 aromatic heterocycles. The van der Waals surface area contributed by atoms with Gasteiger partial charge in [-0.3, -0.25) is 4.79 Å². The van der Waals surface area contributed by atoms with Crippen LogP contribution in [0.25, 0.3) is 0 Å². The van der Waals surface area contributed by atoms with Crippen molar-refractivity contribution in [3.05, 3.63) is 12.7 Å². The van der Waals surface area contributed by atoms with Crippen molar-refractivity contribution >= 4 is 34.1 Å². The lowest BCUT2D eigenvalue weighted by Gasteiger charge is -2.18. The third kappa shape index (κ3) is 3.94. The van der Waals surface area contributed by atoms with Crippen LogP contribution in [0.5, 0.6) is 0 Å². The summed E-state index contributed by atoms with van der Waals surface area (Å²) in [4.78, 5) is 14.1. The fourth-order valence-electron chi connectivity index (χ4n) is 1.88. The minimum Gasteiger partial charge on any atom is -0.357 e. The predicted molar refractivity (Wildman–Crippen MR) is 79.7 cm³/mol. The van der Waals surface area contributed by atoms with Crippen LogP contribution in [0.1, 0.15) is 19.8 Å². The molecule has 2 heterocycles. The minimum atomic E-state index is -0.0988. The van der Waals surface area contributed by atoms with Gasteiger partial charge in [-0.05, 0) is 19.8 Å². The molecule has 5 nitrogen and oxygen atoms in total. The Balaban J connectivity index is 1.87. The molecule has 0 aromatic carbocycles. The molecule has 1 unspecified atom stereocenters. The van der Waals surface area contributed by atoms with E-state index >= 15 is 0 Å². The molecule has 1 amide bonds. The molecular formula is C12H18N4OS2. The summed E-state index contributed by atoms with van der Waals surface area (Å²) < 4.78 is 0.826. The second-order valence-electron chi connectivity index (χ2n) is 4.34. The van der Waals surface area contributed by atoms with Crippen LogP contribution in [0.2, 0.25) is 0 Å². The number of carbonyl (C=O) groups excluding carboxylic acids is 1. The molecular weight excluding hydrogens is 280 g/mol. The molecule has 1 N–H and O–H groups in total. The maximum Gasteiger partial charge on any atom is 0.235 e. The van der Waals surface area contributed by atoms with E-state index < -0.39 is 0 Å². The van der Waals surface area contributed by atoms with Gasteiger partial charge in [0.2, 0.25) is 11.0 Å². The summed E-state index contributed by atoms with van der Waals surface area (Å²) in [5, 5.41) is 11.9. The molecule has 1 fully saturated rings.